The fourth-order valence-corrected chi connectivity index (χ4v) is 3.28. The molecule has 0 aliphatic carbocycles. The first-order chi connectivity index (χ1) is 14.9. The molecule has 1 fully saturated rings. The highest BCUT2D eigenvalue weighted by Crippen LogP contribution is 2.14. The van der Waals surface area contributed by atoms with Crippen molar-refractivity contribution in [2.45, 2.75) is 59.0 Å². The maximum absolute atomic E-state index is 12.4. The molecule has 1 aliphatic heterocycles. The third kappa shape index (κ3) is 12.0. The van der Waals surface area contributed by atoms with E-state index in [2.05, 4.69) is 20.9 Å². The third-order valence-corrected chi connectivity index (χ3v) is 4.89. The summed E-state index contributed by atoms with van der Waals surface area (Å²) in [7, 11) is 0. The van der Waals surface area contributed by atoms with Crippen molar-refractivity contribution < 1.29 is 14.3 Å². The molecule has 7 nitrogen and oxygen atoms in total. The van der Waals surface area contributed by atoms with Crippen LogP contribution in [0.5, 0.6) is 0 Å². The zero-order valence-electron chi connectivity index (χ0n) is 20.0. The Morgan fingerprint density at radius 3 is 2.66 bits per heavy atom. The number of nitrogens with one attached hydrogen (secondary N) is 3. The Labute approximate surface area is 210 Å². The van der Waals surface area contributed by atoms with E-state index in [1.165, 1.54) is 0 Å². The molecule has 0 bridgehead atoms. The van der Waals surface area contributed by atoms with Gasteiger partial charge in [-0.3, -0.25) is 4.79 Å². The molecule has 1 aromatic carbocycles. The lowest BCUT2D eigenvalue weighted by molar-refractivity contribution is 0.0203. The number of hydrogen-bond acceptors (Lipinski definition) is 4. The molecule has 8 heteroatoms. The Kier molecular flexibility index (Phi) is 13.8. The molecule has 0 spiro atoms. The van der Waals surface area contributed by atoms with Crippen LogP contribution in [0.15, 0.2) is 29.3 Å². The molecule has 32 heavy (non-hydrogen) atoms. The summed E-state index contributed by atoms with van der Waals surface area (Å²) in [6.45, 7) is 13.4. The van der Waals surface area contributed by atoms with Gasteiger partial charge in [0.2, 0.25) is 0 Å². The number of ether oxygens (including phenoxy) is 2. The van der Waals surface area contributed by atoms with Crippen molar-refractivity contribution in [2.75, 3.05) is 39.5 Å². The Morgan fingerprint density at radius 1 is 1.22 bits per heavy atom. The van der Waals surface area contributed by atoms with Gasteiger partial charge in [-0.05, 0) is 70.6 Å². The Hall–Kier alpha value is -1.39. The van der Waals surface area contributed by atoms with E-state index < -0.39 is 0 Å². The van der Waals surface area contributed by atoms with Crippen LogP contribution in [0.1, 0.15) is 62.9 Å². The number of rotatable bonds is 10. The van der Waals surface area contributed by atoms with Crippen molar-refractivity contribution in [3.8, 4) is 0 Å². The summed E-state index contributed by atoms with van der Waals surface area (Å²) in [5.74, 6) is 1.35. The minimum Gasteiger partial charge on any atom is -0.381 e. The SMILES string of the molecule is CCNC(=NCc1cccc(C(=O)NC(C)(C)C)c1)NCCCOCC1CCOCC1.I. The van der Waals surface area contributed by atoms with E-state index in [0.717, 1.165) is 70.3 Å². The van der Waals surface area contributed by atoms with Gasteiger partial charge in [0.05, 0.1) is 6.54 Å². The molecule has 0 saturated carbocycles. The molecule has 2 rings (SSSR count). The maximum Gasteiger partial charge on any atom is 0.251 e. The number of carbonyl (C=O) groups is 1. The standard InChI is InChI=1S/C24H40N4O3.HI/c1-5-25-23(26-12-7-13-31-18-19-10-14-30-15-11-19)27-17-20-8-6-9-21(16-20)22(29)28-24(2,3)4;/h6,8-9,16,19H,5,7,10-15,17-18H2,1-4H3,(H,28,29)(H2,25,26,27);1H. The smallest absolute Gasteiger partial charge is 0.251 e. The predicted molar refractivity (Wildman–Crippen MR) is 141 cm³/mol. The first kappa shape index (κ1) is 28.6. The lowest BCUT2D eigenvalue weighted by Crippen LogP contribution is -2.40. The molecular weight excluding hydrogens is 519 g/mol. The van der Waals surface area contributed by atoms with Crippen LogP contribution >= 0.6 is 24.0 Å². The Balaban J connectivity index is 0.00000512. The van der Waals surface area contributed by atoms with Gasteiger partial charge in [-0.2, -0.15) is 0 Å². The summed E-state index contributed by atoms with van der Waals surface area (Å²) in [5.41, 5.74) is 1.39. The van der Waals surface area contributed by atoms with Crippen LogP contribution in [0, 0.1) is 5.92 Å². The van der Waals surface area contributed by atoms with Crippen LogP contribution in [0.3, 0.4) is 0 Å². The Morgan fingerprint density at radius 2 is 1.97 bits per heavy atom. The van der Waals surface area contributed by atoms with Crippen LogP contribution in [-0.4, -0.2) is 56.9 Å². The largest absolute Gasteiger partial charge is 0.381 e. The molecule has 0 unspecified atom stereocenters. The van der Waals surface area contributed by atoms with Crippen LogP contribution in [0.2, 0.25) is 0 Å². The Bertz CT molecular complexity index is 701. The van der Waals surface area contributed by atoms with E-state index in [-0.39, 0.29) is 35.4 Å². The van der Waals surface area contributed by atoms with Crippen molar-refractivity contribution >= 4 is 35.8 Å². The molecular formula is C24H41IN4O3. The normalized spacial score (nSPS) is 15.1. The molecule has 1 aromatic rings. The van der Waals surface area contributed by atoms with Crippen molar-refractivity contribution in [1.82, 2.24) is 16.0 Å². The fraction of sp³-hybridized carbons (Fsp3) is 0.667. The number of carbonyl (C=O) groups excluding carboxylic acids is 1. The molecule has 0 aromatic heterocycles. The molecule has 1 saturated heterocycles. The number of guanidine groups is 1. The van der Waals surface area contributed by atoms with Gasteiger partial charge in [0.25, 0.3) is 5.91 Å². The summed E-state index contributed by atoms with van der Waals surface area (Å²) in [6.07, 6.45) is 3.14. The van der Waals surface area contributed by atoms with E-state index >= 15 is 0 Å². The highest BCUT2D eigenvalue weighted by atomic mass is 127. The van der Waals surface area contributed by atoms with Crippen LogP contribution < -0.4 is 16.0 Å². The van der Waals surface area contributed by atoms with Gasteiger partial charge in [0.15, 0.2) is 5.96 Å². The van der Waals surface area contributed by atoms with Gasteiger partial charge in [0.1, 0.15) is 0 Å². The number of nitrogens with zero attached hydrogens (tertiary/aromatic N) is 1. The third-order valence-electron chi connectivity index (χ3n) is 4.89. The highest BCUT2D eigenvalue weighted by Gasteiger charge is 2.15. The second-order valence-electron chi connectivity index (χ2n) is 9.01. The van der Waals surface area contributed by atoms with Gasteiger partial charge in [-0.15, -0.1) is 24.0 Å². The number of hydrogen-bond donors (Lipinski definition) is 3. The van der Waals surface area contributed by atoms with Crippen LogP contribution in [-0.2, 0) is 16.0 Å². The zero-order chi connectivity index (χ0) is 22.5. The van der Waals surface area contributed by atoms with E-state index in [9.17, 15) is 4.79 Å². The van der Waals surface area contributed by atoms with E-state index in [0.29, 0.717) is 18.0 Å². The molecule has 1 aliphatic rings. The van der Waals surface area contributed by atoms with Gasteiger partial charge < -0.3 is 25.4 Å². The summed E-state index contributed by atoms with van der Waals surface area (Å²) in [6, 6.07) is 7.63. The second kappa shape index (κ2) is 15.4. The van der Waals surface area contributed by atoms with E-state index in [1.54, 1.807) is 0 Å². The van der Waals surface area contributed by atoms with Gasteiger partial charge in [0, 0.05) is 50.6 Å². The van der Waals surface area contributed by atoms with Crippen molar-refractivity contribution in [3.05, 3.63) is 35.4 Å². The number of amides is 1. The monoisotopic (exact) mass is 560 g/mol. The lowest BCUT2D eigenvalue weighted by Gasteiger charge is -2.21. The summed E-state index contributed by atoms with van der Waals surface area (Å²) in [4.78, 5) is 17.1. The quantitative estimate of drug-likeness (QED) is 0.176. The number of aliphatic imine (C=N–C) groups is 1. The summed E-state index contributed by atoms with van der Waals surface area (Å²) in [5, 5.41) is 9.62. The second-order valence-corrected chi connectivity index (χ2v) is 9.01. The lowest BCUT2D eigenvalue weighted by atomic mass is 10.0. The van der Waals surface area contributed by atoms with Crippen molar-refractivity contribution in [2.24, 2.45) is 10.9 Å². The predicted octanol–water partition coefficient (Wildman–Crippen LogP) is 3.72. The minimum atomic E-state index is -0.262. The maximum atomic E-state index is 12.4. The van der Waals surface area contributed by atoms with Gasteiger partial charge >= 0.3 is 0 Å². The average Bonchev–Trinajstić information content (AvgIpc) is 2.74. The molecule has 0 radical (unpaired) electrons. The first-order valence-corrected chi connectivity index (χ1v) is 11.5. The van der Waals surface area contributed by atoms with E-state index in [1.807, 2.05) is 52.0 Å². The van der Waals surface area contributed by atoms with Crippen LogP contribution in [0.4, 0.5) is 0 Å². The van der Waals surface area contributed by atoms with E-state index in [4.69, 9.17) is 9.47 Å². The van der Waals surface area contributed by atoms with Gasteiger partial charge in [-0.1, -0.05) is 12.1 Å². The first-order valence-electron chi connectivity index (χ1n) is 11.5. The van der Waals surface area contributed by atoms with Crippen molar-refractivity contribution in [1.29, 1.82) is 0 Å². The van der Waals surface area contributed by atoms with Gasteiger partial charge in [-0.25, -0.2) is 4.99 Å². The fourth-order valence-electron chi connectivity index (χ4n) is 3.28. The topological polar surface area (TPSA) is 84.0 Å². The minimum absolute atomic E-state index is 0. The molecule has 3 N–H and O–H groups in total. The molecule has 1 heterocycles. The average molecular weight is 561 g/mol. The summed E-state index contributed by atoms with van der Waals surface area (Å²) >= 11 is 0. The highest BCUT2D eigenvalue weighted by molar-refractivity contribution is 14.0. The van der Waals surface area contributed by atoms with Crippen LogP contribution in [0.25, 0.3) is 0 Å². The number of benzene rings is 1. The zero-order valence-corrected chi connectivity index (χ0v) is 22.4. The molecule has 1 amide bonds. The van der Waals surface area contributed by atoms with Crippen molar-refractivity contribution in [3.63, 3.8) is 0 Å². The molecule has 182 valence electrons. The number of halogens is 1. The summed E-state index contributed by atoms with van der Waals surface area (Å²) < 4.78 is 11.2. The molecule has 0 atom stereocenters.